The molecule has 2 aromatic rings. The molecule has 6 nitrogen and oxygen atoms in total. The van der Waals surface area contributed by atoms with Crippen molar-refractivity contribution >= 4 is 23.4 Å². The minimum atomic E-state index is -4.53. The quantitative estimate of drug-likeness (QED) is 0.734. The van der Waals surface area contributed by atoms with Crippen LogP contribution in [0.5, 0.6) is 0 Å². The third-order valence-electron chi connectivity index (χ3n) is 4.79. The number of halogens is 4. The number of rotatable bonds is 5. The van der Waals surface area contributed by atoms with Gasteiger partial charge in [0.15, 0.2) is 0 Å². The summed E-state index contributed by atoms with van der Waals surface area (Å²) < 4.78 is 51.7. The molecule has 30 heavy (non-hydrogen) atoms. The molecule has 0 aliphatic carbocycles. The van der Waals surface area contributed by atoms with E-state index in [1.54, 1.807) is 0 Å². The maximum atomic E-state index is 13.1. The normalized spacial score (nSPS) is 17.0. The number of anilines is 2. The fraction of sp³-hybridized carbons (Fsp3) is 0.350. The zero-order valence-electron chi connectivity index (χ0n) is 16.3. The standard InChI is InChI=1S/C20H20F4N4O2/c1-12(2)16-10-28(17-7-6-14(21)9-25-17)19(30)27(16)11-18(29)26-15-5-3-4-13(8-15)20(22,23)24/h3-9,12,16H,10-11H2,1-2H3,(H,26,29)/t16-/m1/s1. The molecular weight excluding hydrogens is 404 g/mol. The van der Waals surface area contributed by atoms with Gasteiger partial charge in [-0.05, 0) is 36.2 Å². The van der Waals surface area contributed by atoms with E-state index in [0.29, 0.717) is 0 Å². The van der Waals surface area contributed by atoms with Crippen molar-refractivity contribution in [3.8, 4) is 0 Å². The van der Waals surface area contributed by atoms with Gasteiger partial charge in [-0.2, -0.15) is 13.2 Å². The highest BCUT2D eigenvalue weighted by atomic mass is 19.4. The van der Waals surface area contributed by atoms with E-state index >= 15 is 0 Å². The maximum absolute atomic E-state index is 13.1. The van der Waals surface area contributed by atoms with E-state index in [4.69, 9.17) is 0 Å². The molecule has 1 saturated heterocycles. The number of hydrogen-bond donors (Lipinski definition) is 1. The van der Waals surface area contributed by atoms with Gasteiger partial charge in [0.2, 0.25) is 5.91 Å². The first-order valence-corrected chi connectivity index (χ1v) is 9.23. The predicted molar refractivity (Wildman–Crippen MR) is 102 cm³/mol. The average Bonchev–Trinajstić information content (AvgIpc) is 2.98. The first kappa shape index (κ1) is 21.5. The number of hydrogen-bond acceptors (Lipinski definition) is 3. The average molecular weight is 424 g/mol. The molecule has 160 valence electrons. The van der Waals surface area contributed by atoms with Gasteiger partial charge in [0, 0.05) is 12.2 Å². The maximum Gasteiger partial charge on any atom is 0.416 e. The Bertz CT molecular complexity index is 931. The van der Waals surface area contributed by atoms with E-state index in [9.17, 15) is 27.2 Å². The Hall–Kier alpha value is -3.17. The second-order valence-electron chi connectivity index (χ2n) is 7.29. The van der Waals surface area contributed by atoms with Gasteiger partial charge in [-0.1, -0.05) is 19.9 Å². The van der Waals surface area contributed by atoms with Crippen molar-refractivity contribution in [3.63, 3.8) is 0 Å². The second kappa shape index (κ2) is 8.29. The summed E-state index contributed by atoms with van der Waals surface area (Å²) >= 11 is 0. The molecule has 0 saturated carbocycles. The van der Waals surface area contributed by atoms with Gasteiger partial charge in [-0.25, -0.2) is 14.2 Å². The van der Waals surface area contributed by atoms with Crippen molar-refractivity contribution in [2.45, 2.75) is 26.1 Å². The number of alkyl halides is 3. The molecule has 3 rings (SSSR count). The molecule has 1 aliphatic rings. The Morgan fingerprint density at radius 3 is 2.60 bits per heavy atom. The van der Waals surface area contributed by atoms with Crippen LogP contribution in [0, 0.1) is 11.7 Å². The smallest absolute Gasteiger partial charge is 0.325 e. The lowest BCUT2D eigenvalue weighted by molar-refractivity contribution is -0.137. The molecule has 1 N–H and O–H groups in total. The number of urea groups is 1. The third kappa shape index (κ3) is 4.69. The summed E-state index contributed by atoms with van der Waals surface area (Å²) in [7, 11) is 0. The van der Waals surface area contributed by atoms with Gasteiger partial charge in [-0.3, -0.25) is 9.69 Å². The monoisotopic (exact) mass is 424 g/mol. The van der Waals surface area contributed by atoms with Crippen LogP contribution in [0.3, 0.4) is 0 Å². The van der Waals surface area contributed by atoms with Crippen molar-refractivity contribution < 1.29 is 27.2 Å². The molecule has 1 aromatic heterocycles. The Labute approximate surface area is 170 Å². The summed E-state index contributed by atoms with van der Waals surface area (Å²) in [5, 5.41) is 2.41. The number of pyridine rings is 1. The Balaban J connectivity index is 1.74. The molecular formula is C20H20F4N4O2. The van der Waals surface area contributed by atoms with Gasteiger partial charge in [-0.15, -0.1) is 0 Å². The van der Waals surface area contributed by atoms with Crippen molar-refractivity contribution in [2.75, 3.05) is 23.3 Å². The minimum Gasteiger partial charge on any atom is -0.325 e. The first-order valence-electron chi connectivity index (χ1n) is 9.23. The lowest BCUT2D eigenvalue weighted by atomic mass is 10.0. The molecule has 0 radical (unpaired) electrons. The Morgan fingerprint density at radius 2 is 2.00 bits per heavy atom. The molecule has 2 heterocycles. The van der Waals surface area contributed by atoms with Crippen LogP contribution in [0.4, 0.5) is 33.9 Å². The molecule has 10 heteroatoms. The predicted octanol–water partition coefficient (Wildman–Crippen LogP) is 4.14. The Morgan fingerprint density at radius 1 is 1.27 bits per heavy atom. The summed E-state index contributed by atoms with van der Waals surface area (Å²) in [4.78, 5) is 31.9. The summed E-state index contributed by atoms with van der Waals surface area (Å²) in [6.07, 6.45) is -3.53. The van der Waals surface area contributed by atoms with Crippen LogP contribution in [0.25, 0.3) is 0 Å². The summed E-state index contributed by atoms with van der Waals surface area (Å²) in [5.74, 6) is -0.904. The number of nitrogens with one attached hydrogen (secondary N) is 1. The van der Waals surface area contributed by atoms with E-state index in [-0.39, 0.29) is 36.6 Å². The molecule has 1 aromatic carbocycles. The van der Waals surface area contributed by atoms with E-state index in [1.165, 1.54) is 34.1 Å². The topological polar surface area (TPSA) is 65.5 Å². The van der Waals surface area contributed by atoms with Crippen LogP contribution in [-0.4, -0.2) is 41.0 Å². The van der Waals surface area contributed by atoms with E-state index in [1.807, 2.05) is 13.8 Å². The highest BCUT2D eigenvalue weighted by molar-refractivity contribution is 5.99. The highest BCUT2D eigenvalue weighted by Gasteiger charge is 2.41. The molecule has 0 bridgehead atoms. The molecule has 1 atom stereocenters. The van der Waals surface area contributed by atoms with Gasteiger partial charge >= 0.3 is 12.2 Å². The number of aromatic nitrogens is 1. The Kier molecular flexibility index (Phi) is 5.95. The van der Waals surface area contributed by atoms with Crippen LogP contribution in [-0.2, 0) is 11.0 Å². The lowest BCUT2D eigenvalue weighted by Crippen LogP contribution is -2.42. The lowest BCUT2D eigenvalue weighted by Gasteiger charge is -2.25. The second-order valence-corrected chi connectivity index (χ2v) is 7.29. The van der Waals surface area contributed by atoms with Crippen molar-refractivity contribution in [3.05, 3.63) is 54.0 Å². The zero-order valence-corrected chi connectivity index (χ0v) is 16.3. The van der Waals surface area contributed by atoms with Crippen LogP contribution < -0.4 is 10.2 Å². The van der Waals surface area contributed by atoms with Gasteiger partial charge in [0.1, 0.15) is 18.2 Å². The number of carbonyl (C=O) groups excluding carboxylic acids is 2. The van der Waals surface area contributed by atoms with E-state index in [2.05, 4.69) is 10.3 Å². The van der Waals surface area contributed by atoms with Gasteiger partial charge in [0.05, 0.1) is 17.8 Å². The number of carbonyl (C=O) groups is 2. The van der Waals surface area contributed by atoms with Crippen LogP contribution >= 0.6 is 0 Å². The van der Waals surface area contributed by atoms with E-state index < -0.39 is 29.5 Å². The number of amides is 3. The summed E-state index contributed by atoms with van der Waals surface area (Å²) in [5.41, 5.74) is -0.897. The first-order chi connectivity index (χ1) is 14.1. The largest absolute Gasteiger partial charge is 0.416 e. The van der Waals surface area contributed by atoms with Crippen molar-refractivity contribution in [2.24, 2.45) is 5.92 Å². The van der Waals surface area contributed by atoms with Gasteiger partial charge < -0.3 is 10.2 Å². The zero-order chi connectivity index (χ0) is 22.1. The highest BCUT2D eigenvalue weighted by Crippen LogP contribution is 2.31. The fourth-order valence-corrected chi connectivity index (χ4v) is 3.26. The number of nitrogens with zero attached hydrogens (tertiary/aromatic N) is 3. The molecule has 1 fully saturated rings. The van der Waals surface area contributed by atoms with Crippen LogP contribution in [0.2, 0.25) is 0 Å². The molecule has 0 spiro atoms. The summed E-state index contributed by atoms with van der Waals surface area (Å²) in [6, 6.07) is 6.02. The fourth-order valence-electron chi connectivity index (χ4n) is 3.26. The molecule has 3 amide bonds. The van der Waals surface area contributed by atoms with Gasteiger partial charge in [0.25, 0.3) is 0 Å². The molecule has 1 aliphatic heterocycles. The molecule has 0 unspecified atom stereocenters. The SMILES string of the molecule is CC(C)[C@H]1CN(c2ccc(F)cn2)C(=O)N1CC(=O)Nc1cccc(C(F)(F)F)c1. The third-order valence-corrected chi connectivity index (χ3v) is 4.79. The number of benzene rings is 1. The van der Waals surface area contributed by atoms with Crippen LogP contribution in [0.1, 0.15) is 19.4 Å². The minimum absolute atomic E-state index is 0.000700. The van der Waals surface area contributed by atoms with E-state index in [0.717, 1.165) is 18.3 Å². The summed E-state index contributed by atoms with van der Waals surface area (Å²) in [6.45, 7) is 3.69. The van der Waals surface area contributed by atoms with Crippen LogP contribution in [0.15, 0.2) is 42.6 Å². The van der Waals surface area contributed by atoms with Crippen molar-refractivity contribution in [1.29, 1.82) is 0 Å². The van der Waals surface area contributed by atoms with Crippen molar-refractivity contribution in [1.82, 2.24) is 9.88 Å².